The van der Waals surface area contributed by atoms with Gasteiger partial charge in [0, 0.05) is 25.7 Å². The number of benzene rings is 1. The summed E-state index contributed by atoms with van der Waals surface area (Å²) in [6.45, 7) is 4.79. The Labute approximate surface area is 154 Å². The predicted octanol–water partition coefficient (Wildman–Crippen LogP) is 3.29. The first-order chi connectivity index (χ1) is 12.5. The number of hydrogen-bond donors (Lipinski definition) is 1. The van der Waals surface area contributed by atoms with E-state index in [-0.39, 0.29) is 5.91 Å². The zero-order chi connectivity index (χ0) is 19.1. The highest BCUT2D eigenvalue weighted by atomic mass is 16.5. The Morgan fingerprint density at radius 1 is 1.19 bits per heavy atom. The lowest BCUT2D eigenvalue weighted by molar-refractivity contribution is 0.102. The Morgan fingerprint density at radius 2 is 1.96 bits per heavy atom. The number of amides is 1. The Bertz CT molecular complexity index is 764. The first-order valence-electron chi connectivity index (χ1n) is 8.58. The Kier molecular flexibility index (Phi) is 6.77. The molecule has 0 spiro atoms. The van der Waals surface area contributed by atoms with Gasteiger partial charge < -0.3 is 19.7 Å². The number of methoxy groups -OCH3 is 2. The van der Waals surface area contributed by atoms with Gasteiger partial charge in [0.2, 0.25) is 0 Å². The number of nitrogens with one attached hydrogen (secondary N) is 1. The maximum atomic E-state index is 12.7. The van der Waals surface area contributed by atoms with Crippen molar-refractivity contribution in [3.63, 3.8) is 0 Å². The molecule has 0 aliphatic heterocycles. The lowest BCUT2D eigenvalue weighted by Crippen LogP contribution is -2.22. The molecule has 7 heteroatoms. The second kappa shape index (κ2) is 9.03. The molecule has 1 N–H and O–H groups in total. The van der Waals surface area contributed by atoms with Crippen LogP contribution >= 0.6 is 0 Å². The minimum absolute atomic E-state index is 0.314. The van der Waals surface area contributed by atoms with Crippen molar-refractivity contribution in [3.05, 3.63) is 35.8 Å². The van der Waals surface area contributed by atoms with Crippen molar-refractivity contribution in [1.29, 1.82) is 0 Å². The smallest absolute Gasteiger partial charge is 0.274 e. The minimum atomic E-state index is -0.316. The summed E-state index contributed by atoms with van der Waals surface area (Å²) in [5.74, 6) is 2.14. The van der Waals surface area contributed by atoms with E-state index in [1.165, 1.54) is 0 Å². The van der Waals surface area contributed by atoms with Crippen molar-refractivity contribution >= 4 is 17.4 Å². The SMILES string of the molecule is CCCCN(C)c1cc(C(=O)Nc2ccc(OC)cc2OC)nc(C)n1. The van der Waals surface area contributed by atoms with Crippen LogP contribution in [0.15, 0.2) is 24.3 Å². The van der Waals surface area contributed by atoms with Gasteiger partial charge >= 0.3 is 0 Å². The van der Waals surface area contributed by atoms with Crippen molar-refractivity contribution in [3.8, 4) is 11.5 Å². The quantitative estimate of drug-likeness (QED) is 0.780. The van der Waals surface area contributed by atoms with Crippen LogP contribution in [0.1, 0.15) is 36.1 Å². The highest BCUT2D eigenvalue weighted by Gasteiger charge is 2.15. The number of rotatable bonds is 8. The maximum absolute atomic E-state index is 12.7. The van der Waals surface area contributed by atoms with Crippen molar-refractivity contribution in [1.82, 2.24) is 9.97 Å². The number of nitrogens with zero attached hydrogens (tertiary/aromatic N) is 3. The molecule has 7 nitrogen and oxygen atoms in total. The van der Waals surface area contributed by atoms with E-state index in [4.69, 9.17) is 9.47 Å². The minimum Gasteiger partial charge on any atom is -0.497 e. The van der Waals surface area contributed by atoms with Gasteiger partial charge in [-0.3, -0.25) is 4.79 Å². The fourth-order valence-electron chi connectivity index (χ4n) is 2.46. The zero-order valence-electron chi connectivity index (χ0n) is 16.0. The summed E-state index contributed by atoms with van der Waals surface area (Å²) in [5, 5.41) is 2.84. The highest BCUT2D eigenvalue weighted by molar-refractivity contribution is 6.04. The lowest BCUT2D eigenvalue weighted by Gasteiger charge is -2.18. The molecule has 1 amide bonds. The van der Waals surface area contributed by atoms with Gasteiger partial charge in [0.05, 0.1) is 19.9 Å². The van der Waals surface area contributed by atoms with Crippen LogP contribution in [0.5, 0.6) is 11.5 Å². The molecule has 26 heavy (non-hydrogen) atoms. The van der Waals surface area contributed by atoms with E-state index in [1.54, 1.807) is 45.4 Å². The average Bonchev–Trinajstić information content (AvgIpc) is 2.65. The third-order valence-corrected chi connectivity index (χ3v) is 3.95. The standard InChI is InChI=1S/C19H26N4O3/c1-6-7-10-23(3)18-12-16(20-13(2)21-18)19(24)22-15-9-8-14(25-4)11-17(15)26-5/h8-9,11-12H,6-7,10H2,1-5H3,(H,22,24). The maximum Gasteiger partial charge on any atom is 0.274 e. The second-order valence-corrected chi connectivity index (χ2v) is 5.95. The van der Waals surface area contributed by atoms with Crippen molar-refractivity contribution in [2.24, 2.45) is 0 Å². The number of unbranched alkanes of at least 4 members (excludes halogenated alkanes) is 1. The summed E-state index contributed by atoms with van der Waals surface area (Å²) in [6, 6.07) is 6.91. The fourth-order valence-corrected chi connectivity index (χ4v) is 2.46. The van der Waals surface area contributed by atoms with Crippen LogP contribution in [0.4, 0.5) is 11.5 Å². The zero-order valence-corrected chi connectivity index (χ0v) is 16.0. The molecule has 1 aromatic carbocycles. The summed E-state index contributed by atoms with van der Waals surface area (Å²) in [5.41, 5.74) is 0.865. The van der Waals surface area contributed by atoms with Crippen LogP contribution in [0.25, 0.3) is 0 Å². The number of hydrogen-bond acceptors (Lipinski definition) is 6. The number of anilines is 2. The van der Waals surface area contributed by atoms with Crippen molar-refractivity contribution in [2.45, 2.75) is 26.7 Å². The number of aromatic nitrogens is 2. The molecule has 0 fully saturated rings. The third-order valence-electron chi connectivity index (χ3n) is 3.95. The molecule has 0 saturated heterocycles. The number of carbonyl (C=O) groups is 1. The molecule has 0 unspecified atom stereocenters. The molecular weight excluding hydrogens is 332 g/mol. The van der Waals surface area contributed by atoms with Crippen LogP contribution in [0.3, 0.4) is 0 Å². The molecule has 2 aromatic rings. The molecule has 0 saturated carbocycles. The Morgan fingerprint density at radius 3 is 2.62 bits per heavy atom. The van der Waals surface area contributed by atoms with Crippen LogP contribution < -0.4 is 19.7 Å². The van der Waals surface area contributed by atoms with Crippen LogP contribution in [-0.4, -0.2) is 43.7 Å². The van der Waals surface area contributed by atoms with Crippen molar-refractivity contribution in [2.75, 3.05) is 38.0 Å². The fraction of sp³-hybridized carbons (Fsp3) is 0.421. The molecule has 1 heterocycles. The molecule has 0 aliphatic rings. The molecule has 0 atom stereocenters. The van der Waals surface area contributed by atoms with Crippen LogP contribution in [0, 0.1) is 6.92 Å². The third kappa shape index (κ3) is 4.84. The lowest BCUT2D eigenvalue weighted by atomic mass is 10.2. The van der Waals surface area contributed by atoms with E-state index < -0.39 is 0 Å². The summed E-state index contributed by atoms with van der Waals surface area (Å²) < 4.78 is 10.5. The molecule has 0 bridgehead atoms. The summed E-state index contributed by atoms with van der Waals surface area (Å²) in [4.78, 5) is 23.4. The normalized spacial score (nSPS) is 10.3. The predicted molar refractivity (Wildman–Crippen MR) is 102 cm³/mol. The summed E-state index contributed by atoms with van der Waals surface area (Å²) in [6.07, 6.45) is 2.16. The van der Waals surface area contributed by atoms with Crippen LogP contribution in [0.2, 0.25) is 0 Å². The summed E-state index contributed by atoms with van der Waals surface area (Å²) >= 11 is 0. The first-order valence-corrected chi connectivity index (χ1v) is 8.58. The van der Waals surface area contributed by atoms with Crippen molar-refractivity contribution < 1.29 is 14.3 Å². The van der Waals surface area contributed by atoms with Gasteiger partial charge in [-0.05, 0) is 25.5 Å². The topological polar surface area (TPSA) is 76.6 Å². The first kappa shape index (κ1) is 19.5. The molecule has 1 aromatic heterocycles. The molecular formula is C19H26N4O3. The number of ether oxygens (including phenoxy) is 2. The Hall–Kier alpha value is -2.83. The van der Waals surface area contributed by atoms with Gasteiger partial charge in [-0.15, -0.1) is 0 Å². The van der Waals surface area contributed by atoms with Gasteiger partial charge in [0.25, 0.3) is 5.91 Å². The Balaban J connectivity index is 2.23. The van der Waals surface area contributed by atoms with E-state index in [0.717, 1.165) is 25.2 Å². The molecule has 2 rings (SSSR count). The van der Waals surface area contributed by atoms with E-state index >= 15 is 0 Å². The molecule has 0 aliphatic carbocycles. The summed E-state index contributed by atoms with van der Waals surface area (Å²) in [7, 11) is 5.08. The van der Waals surface area contributed by atoms with Gasteiger partial charge in [-0.1, -0.05) is 13.3 Å². The highest BCUT2D eigenvalue weighted by Crippen LogP contribution is 2.29. The van der Waals surface area contributed by atoms with Gasteiger partial charge in [0.1, 0.15) is 28.8 Å². The monoisotopic (exact) mass is 358 g/mol. The van der Waals surface area contributed by atoms with Gasteiger partial charge in [-0.2, -0.15) is 0 Å². The van der Waals surface area contributed by atoms with E-state index in [2.05, 4.69) is 22.2 Å². The second-order valence-electron chi connectivity index (χ2n) is 5.95. The van der Waals surface area contributed by atoms with E-state index in [9.17, 15) is 4.79 Å². The van der Waals surface area contributed by atoms with Gasteiger partial charge in [0.15, 0.2) is 0 Å². The van der Waals surface area contributed by atoms with E-state index in [1.807, 2.05) is 11.9 Å². The number of carbonyl (C=O) groups excluding carboxylic acids is 1. The number of aryl methyl sites for hydroxylation is 1. The van der Waals surface area contributed by atoms with Gasteiger partial charge in [-0.25, -0.2) is 9.97 Å². The van der Waals surface area contributed by atoms with Crippen LogP contribution in [-0.2, 0) is 0 Å². The largest absolute Gasteiger partial charge is 0.497 e. The van der Waals surface area contributed by atoms with E-state index in [0.29, 0.717) is 28.7 Å². The average molecular weight is 358 g/mol. The molecule has 140 valence electrons. The molecule has 0 radical (unpaired) electrons.